The Labute approximate surface area is 121 Å². The smallest absolute Gasteiger partial charge is 0.165 e. The molecular weight excluding hydrogens is 254 g/mol. The third-order valence-corrected chi connectivity index (χ3v) is 3.73. The Kier molecular flexibility index (Phi) is 4.89. The summed E-state index contributed by atoms with van der Waals surface area (Å²) in [5.41, 5.74) is 0.255. The molecule has 0 amide bonds. The summed E-state index contributed by atoms with van der Waals surface area (Å²) in [7, 11) is 1.64. The van der Waals surface area contributed by atoms with Crippen molar-refractivity contribution in [2.75, 3.05) is 13.7 Å². The molecule has 0 radical (unpaired) electrons. The fourth-order valence-corrected chi connectivity index (χ4v) is 1.90. The quantitative estimate of drug-likeness (QED) is 0.767. The van der Waals surface area contributed by atoms with Gasteiger partial charge in [-0.05, 0) is 32.3 Å². The lowest BCUT2D eigenvalue weighted by Crippen LogP contribution is -2.31. The van der Waals surface area contributed by atoms with Crippen LogP contribution in [-0.2, 0) is 6.54 Å². The van der Waals surface area contributed by atoms with Gasteiger partial charge in [-0.2, -0.15) is 0 Å². The molecule has 1 aliphatic rings. The van der Waals surface area contributed by atoms with Crippen molar-refractivity contribution in [3.63, 3.8) is 0 Å². The second kappa shape index (κ2) is 6.46. The van der Waals surface area contributed by atoms with E-state index < -0.39 is 5.60 Å². The van der Waals surface area contributed by atoms with Crippen molar-refractivity contribution < 1.29 is 14.6 Å². The van der Waals surface area contributed by atoms with Gasteiger partial charge in [-0.25, -0.2) is 0 Å². The van der Waals surface area contributed by atoms with Gasteiger partial charge in [-0.3, -0.25) is 0 Å². The summed E-state index contributed by atoms with van der Waals surface area (Å²) in [6, 6.07) is 6.53. The maximum Gasteiger partial charge on any atom is 0.165 e. The molecule has 0 bridgehead atoms. The van der Waals surface area contributed by atoms with E-state index in [4.69, 9.17) is 9.47 Å². The van der Waals surface area contributed by atoms with Crippen LogP contribution in [-0.4, -0.2) is 30.5 Å². The van der Waals surface area contributed by atoms with E-state index in [0.717, 1.165) is 17.9 Å². The van der Waals surface area contributed by atoms with E-state index in [1.807, 2.05) is 25.1 Å². The Bertz CT molecular complexity index is 441. The predicted molar refractivity (Wildman–Crippen MR) is 79.3 cm³/mol. The summed E-state index contributed by atoms with van der Waals surface area (Å²) in [5.74, 6) is 1.45. The van der Waals surface area contributed by atoms with Crippen LogP contribution in [0.15, 0.2) is 18.2 Å². The fourth-order valence-electron chi connectivity index (χ4n) is 1.90. The molecular formula is C16H25NO3. The molecule has 1 atom stereocenters. The number of hydrogen-bond acceptors (Lipinski definition) is 4. The summed E-state index contributed by atoms with van der Waals surface area (Å²) in [6.07, 6.45) is 3.16. The molecule has 112 valence electrons. The lowest BCUT2D eigenvalue weighted by molar-refractivity contribution is 0.00742. The molecule has 1 saturated carbocycles. The second-order valence-electron chi connectivity index (χ2n) is 5.74. The van der Waals surface area contributed by atoms with Gasteiger partial charge in [0.15, 0.2) is 11.5 Å². The Morgan fingerprint density at radius 3 is 2.75 bits per heavy atom. The lowest BCUT2D eigenvalue weighted by Gasteiger charge is -2.23. The van der Waals surface area contributed by atoms with Crippen LogP contribution in [0.2, 0.25) is 0 Å². The summed E-state index contributed by atoms with van der Waals surface area (Å²) in [4.78, 5) is 0. The zero-order valence-electron chi connectivity index (χ0n) is 12.6. The topological polar surface area (TPSA) is 50.7 Å². The van der Waals surface area contributed by atoms with Crippen LogP contribution in [0.25, 0.3) is 0 Å². The normalized spacial score (nSPS) is 17.6. The Morgan fingerprint density at radius 2 is 2.15 bits per heavy atom. The van der Waals surface area contributed by atoms with Crippen LogP contribution in [0, 0.1) is 0 Å². The minimum atomic E-state index is -0.817. The van der Waals surface area contributed by atoms with Crippen molar-refractivity contribution in [2.45, 2.75) is 51.3 Å². The van der Waals surface area contributed by atoms with Gasteiger partial charge in [-0.1, -0.05) is 19.1 Å². The van der Waals surface area contributed by atoms with Gasteiger partial charge in [0.05, 0.1) is 12.7 Å². The lowest BCUT2D eigenvalue weighted by atomic mass is 10.1. The molecule has 20 heavy (non-hydrogen) atoms. The zero-order chi connectivity index (χ0) is 14.6. The standard InChI is InChI=1S/C16H25NO3/c1-4-16(2,18)11-20-15-12(10-17-13-8-9-13)6-5-7-14(15)19-3/h5-7,13,17-18H,4,8-11H2,1-3H3. The van der Waals surface area contributed by atoms with Crippen LogP contribution in [0.3, 0.4) is 0 Å². The second-order valence-corrected chi connectivity index (χ2v) is 5.74. The van der Waals surface area contributed by atoms with Crippen molar-refractivity contribution in [1.29, 1.82) is 0 Å². The number of benzene rings is 1. The monoisotopic (exact) mass is 279 g/mol. The number of methoxy groups -OCH3 is 1. The summed E-state index contributed by atoms with van der Waals surface area (Å²) < 4.78 is 11.2. The maximum atomic E-state index is 10.1. The van der Waals surface area contributed by atoms with E-state index in [2.05, 4.69) is 5.32 Å². The highest BCUT2D eigenvalue weighted by atomic mass is 16.5. The minimum absolute atomic E-state index is 0.264. The van der Waals surface area contributed by atoms with Crippen LogP contribution in [0.4, 0.5) is 0 Å². The molecule has 0 spiro atoms. The molecule has 0 aromatic heterocycles. The van der Waals surface area contributed by atoms with Gasteiger partial charge in [0, 0.05) is 18.2 Å². The molecule has 0 saturated heterocycles. The van der Waals surface area contributed by atoms with Gasteiger partial charge < -0.3 is 19.9 Å². The SMILES string of the molecule is CCC(C)(O)COc1c(CNC2CC2)cccc1OC. The highest BCUT2D eigenvalue weighted by molar-refractivity contribution is 5.46. The molecule has 0 aliphatic heterocycles. The molecule has 2 rings (SSSR count). The van der Waals surface area contributed by atoms with E-state index in [-0.39, 0.29) is 6.61 Å². The number of para-hydroxylation sites is 1. The first kappa shape index (κ1) is 15.1. The Morgan fingerprint density at radius 1 is 1.40 bits per heavy atom. The molecule has 4 heteroatoms. The molecule has 1 fully saturated rings. The molecule has 1 aromatic carbocycles. The fraction of sp³-hybridized carbons (Fsp3) is 0.625. The van der Waals surface area contributed by atoms with Crippen molar-refractivity contribution in [3.05, 3.63) is 23.8 Å². The van der Waals surface area contributed by atoms with Crippen LogP contribution in [0.1, 0.15) is 38.7 Å². The highest BCUT2D eigenvalue weighted by Crippen LogP contribution is 2.32. The number of nitrogens with one attached hydrogen (secondary N) is 1. The van der Waals surface area contributed by atoms with Crippen molar-refractivity contribution in [2.24, 2.45) is 0 Å². The van der Waals surface area contributed by atoms with E-state index in [1.54, 1.807) is 14.0 Å². The van der Waals surface area contributed by atoms with Crippen LogP contribution in [0.5, 0.6) is 11.5 Å². The van der Waals surface area contributed by atoms with Gasteiger partial charge in [0.1, 0.15) is 6.61 Å². The largest absolute Gasteiger partial charge is 0.493 e. The first-order chi connectivity index (χ1) is 9.55. The zero-order valence-corrected chi connectivity index (χ0v) is 12.6. The van der Waals surface area contributed by atoms with Crippen molar-refractivity contribution >= 4 is 0 Å². The minimum Gasteiger partial charge on any atom is -0.493 e. The molecule has 1 unspecified atom stereocenters. The third kappa shape index (κ3) is 4.12. The van der Waals surface area contributed by atoms with E-state index in [9.17, 15) is 5.11 Å². The molecule has 4 nitrogen and oxygen atoms in total. The number of ether oxygens (including phenoxy) is 2. The van der Waals surface area contributed by atoms with Crippen molar-refractivity contribution in [3.8, 4) is 11.5 Å². The first-order valence-corrected chi connectivity index (χ1v) is 7.30. The number of rotatable bonds is 8. The van der Waals surface area contributed by atoms with Crippen LogP contribution < -0.4 is 14.8 Å². The number of aliphatic hydroxyl groups is 1. The predicted octanol–water partition coefficient (Wildman–Crippen LogP) is 2.49. The summed E-state index contributed by atoms with van der Waals surface area (Å²) >= 11 is 0. The van der Waals surface area contributed by atoms with Gasteiger partial charge >= 0.3 is 0 Å². The van der Waals surface area contributed by atoms with E-state index >= 15 is 0 Å². The van der Waals surface area contributed by atoms with Gasteiger partial charge in [0.25, 0.3) is 0 Å². The molecule has 1 aliphatic carbocycles. The van der Waals surface area contributed by atoms with Gasteiger partial charge in [-0.15, -0.1) is 0 Å². The Balaban J connectivity index is 2.09. The number of hydrogen-bond donors (Lipinski definition) is 2. The third-order valence-electron chi connectivity index (χ3n) is 3.73. The van der Waals surface area contributed by atoms with Crippen LogP contribution >= 0.6 is 0 Å². The highest BCUT2D eigenvalue weighted by Gasteiger charge is 2.23. The van der Waals surface area contributed by atoms with Crippen molar-refractivity contribution in [1.82, 2.24) is 5.32 Å². The molecule has 0 heterocycles. The average molecular weight is 279 g/mol. The summed E-state index contributed by atoms with van der Waals surface area (Å²) in [5, 5.41) is 13.6. The average Bonchev–Trinajstić information content (AvgIpc) is 3.27. The molecule has 1 aromatic rings. The van der Waals surface area contributed by atoms with E-state index in [1.165, 1.54) is 12.8 Å². The molecule has 2 N–H and O–H groups in total. The van der Waals surface area contributed by atoms with Gasteiger partial charge in [0.2, 0.25) is 0 Å². The maximum absolute atomic E-state index is 10.1. The van der Waals surface area contributed by atoms with E-state index in [0.29, 0.717) is 18.2 Å². The first-order valence-electron chi connectivity index (χ1n) is 7.30. The Hall–Kier alpha value is -1.26. The summed E-state index contributed by atoms with van der Waals surface area (Å²) in [6.45, 7) is 4.76.